The van der Waals surface area contributed by atoms with E-state index in [2.05, 4.69) is 53.5 Å². The van der Waals surface area contributed by atoms with Crippen LogP contribution in [0.4, 0.5) is 0 Å². The molecule has 0 radical (unpaired) electrons. The zero-order valence-electron chi connectivity index (χ0n) is 9.12. The summed E-state index contributed by atoms with van der Waals surface area (Å²) in [5.41, 5.74) is 0.957. The highest BCUT2D eigenvalue weighted by Gasteiger charge is 2.14. The van der Waals surface area contributed by atoms with Crippen molar-refractivity contribution in [1.29, 1.82) is 0 Å². The lowest BCUT2D eigenvalue weighted by Crippen LogP contribution is -2.02. The lowest BCUT2D eigenvalue weighted by Gasteiger charge is -2.08. The second-order valence-corrected chi connectivity index (χ2v) is 5.29. The molecule has 0 amide bonds. The van der Waals surface area contributed by atoms with Crippen LogP contribution >= 0.6 is 43.5 Å². The standard InChI is InChI=1S/C11H10Br2ClN3/c1-2-17-10(6-12)15-16-11(17)8-5-7(14)3-4-9(8)13/h3-5H,2,6H2,1H3. The van der Waals surface area contributed by atoms with Gasteiger partial charge in [-0.15, -0.1) is 10.2 Å². The van der Waals surface area contributed by atoms with Gasteiger partial charge in [0.15, 0.2) is 5.82 Å². The number of halogens is 3. The van der Waals surface area contributed by atoms with Gasteiger partial charge >= 0.3 is 0 Å². The molecule has 0 saturated heterocycles. The minimum Gasteiger partial charge on any atom is -0.311 e. The molecule has 0 bridgehead atoms. The van der Waals surface area contributed by atoms with Crippen LogP contribution in [-0.4, -0.2) is 14.8 Å². The zero-order chi connectivity index (χ0) is 12.4. The van der Waals surface area contributed by atoms with Crippen LogP contribution in [0.1, 0.15) is 12.7 Å². The van der Waals surface area contributed by atoms with E-state index < -0.39 is 0 Å². The summed E-state index contributed by atoms with van der Waals surface area (Å²) in [6.45, 7) is 2.89. The normalized spacial score (nSPS) is 10.8. The molecule has 0 N–H and O–H groups in total. The zero-order valence-corrected chi connectivity index (χ0v) is 13.0. The summed E-state index contributed by atoms with van der Waals surface area (Å²) < 4.78 is 3.02. The van der Waals surface area contributed by atoms with Crippen LogP contribution in [0.3, 0.4) is 0 Å². The van der Waals surface area contributed by atoms with Crippen molar-refractivity contribution in [1.82, 2.24) is 14.8 Å². The Labute approximate surface area is 121 Å². The van der Waals surface area contributed by atoms with E-state index in [-0.39, 0.29) is 0 Å². The molecule has 0 aliphatic rings. The fraction of sp³-hybridized carbons (Fsp3) is 0.273. The third-order valence-electron chi connectivity index (χ3n) is 2.43. The van der Waals surface area contributed by atoms with Crippen molar-refractivity contribution in [2.24, 2.45) is 0 Å². The molecule has 0 saturated carbocycles. The van der Waals surface area contributed by atoms with Crippen LogP contribution in [0.15, 0.2) is 22.7 Å². The molecule has 0 spiro atoms. The molecular formula is C11H10Br2ClN3. The molecule has 1 aromatic carbocycles. The smallest absolute Gasteiger partial charge is 0.165 e. The van der Waals surface area contributed by atoms with E-state index in [4.69, 9.17) is 11.6 Å². The van der Waals surface area contributed by atoms with Gasteiger partial charge in [-0.25, -0.2) is 0 Å². The first kappa shape index (κ1) is 13.1. The minimum absolute atomic E-state index is 0.687. The third kappa shape index (κ3) is 2.56. The second kappa shape index (κ2) is 5.50. The molecule has 0 unspecified atom stereocenters. The van der Waals surface area contributed by atoms with Crippen LogP contribution in [0.2, 0.25) is 5.02 Å². The van der Waals surface area contributed by atoms with Gasteiger partial charge in [-0.05, 0) is 25.1 Å². The molecule has 17 heavy (non-hydrogen) atoms. The van der Waals surface area contributed by atoms with Gasteiger partial charge in [0.05, 0.1) is 5.33 Å². The van der Waals surface area contributed by atoms with Crippen molar-refractivity contribution in [3.8, 4) is 11.4 Å². The van der Waals surface area contributed by atoms with E-state index in [1.165, 1.54) is 0 Å². The Balaban J connectivity index is 2.59. The molecule has 0 aliphatic carbocycles. The Morgan fingerprint density at radius 1 is 1.35 bits per heavy atom. The van der Waals surface area contributed by atoms with E-state index in [9.17, 15) is 0 Å². The van der Waals surface area contributed by atoms with E-state index in [1.54, 1.807) is 0 Å². The van der Waals surface area contributed by atoms with Gasteiger partial charge in [0.2, 0.25) is 0 Å². The molecular weight excluding hydrogens is 369 g/mol. The van der Waals surface area contributed by atoms with Crippen LogP contribution in [0, 0.1) is 0 Å². The first-order valence-corrected chi connectivity index (χ1v) is 7.40. The highest BCUT2D eigenvalue weighted by atomic mass is 79.9. The Bertz CT molecular complexity index is 540. The Morgan fingerprint density at radius 2 is 2.12 bits per heavy atom. The van der Waals surface area contributed by atoms with E-state index in [0.717, 1.165) is 28.2 Å². The van der Waals surface area contributed by atoms with E-state index in [1.807, 2.05) is 18.2 Å². The van der Waals surface area contributed by atoms with E-state index >= 15 is 0 Å². The average Bonchev–Trinajstić information content (AvgIpc) is 2.74. The summed E-state index contributed by atoms with van der Waals surface area (Å²) >= 11 is 12.9. The number of rotatable bonds is 3. The lowest BCUT2D eigenvalue weighted by molar-refractivity contribution is 0.733. The summed E-state index contributed by atoms with van der Waals surface area (Å²) in [5, 5.41) is 9.75. The summed E-state index contributed by atoms with van der Waals surface area (Å²) in [6, 6.07) is 5.65. The number of hydrogen-bond donors (Lipinski definition) is 0. The fourth-order valence-electron chi connectivity index (χ4n) is 1.63. The van der Waals surface area contributed by atoms with Gasteiger partial charge < -0.3 is 4.57 Å². The van der Waals surface area contributed by atoms with Crippen molar-refractivity contribution in [3.05, 3.63) is 33.5 Å². The SMILES string of the molecule is CCn1c(CBr)nnc1-c1cc(Cl)ccc1Br. The summed E-state index contributed by atoms with van der Waals surface area (Å²) in [4.78, 5) is 0. The lowest BCUT2D eigenvalue weighted by atomic mass is 10.2. The molecule has 90 valence electrons. The van der Waals surface area contributed by atoms with Crippen LogP contribution in [0.25, 0.3) is 11.4 Å². The number of hydrogen-bond acceptors (Lipinski definition) is 2. The maximum absolute atomic E-state index is 6.02. The molecule has 0 atom stereocenters. The van der Waals surface area contributed by atoms with Gasteiger partial charge in [0.25, 0.3) is 0 Å². The van der Waals surface area contributed by atoms with Gasteiger partial charge in [-0.2, -0.15) is 0 Å². The topological polar surface area (TPSA) is 30.7 Å². The Hall–Kier alpha value is -0.390. The number of benzene rings is 1. The second-order valence-electron chi connectivity index (χ2n) is 3.44. The van der Waals surface area contributed by atoms with Gasteiger partial charge in [0, 0.05) is 21.6 Å². The largest absolute Gasteiger partial charge is 0.311 e. The van der Waals surface area contributed by atoms with Gasteiger partial charge in [-0.3, -0.25) is 0 Å². The monoisotopic (exact) mass is 377 g/mol. The molecule has 0 fully saturated rings. The van der Waals surface area contributed by atoms with Crippen LogP contribution < -0.4 is 0 Å². The van der Waals surface area contributed by atoms with Crippen molar-refractivity contribution in [2.45, 2.75) is 18.8 Å². The van der Waals surface area contributed by atoms with Crippen molar-refractivity contribution < 1.29 is 0 Å². The maximum Gasteiger partial charge on any atom is 0.165 e. The Kier molecular flexibility index (Phi) is 4.22. The van der Waals surface area contributed by atoms with Crippen molar-refractivity contribution >= 4 is 43.5 Å². The highest BCUT2D eigenvalue weighted by molar-refractivity contribution is 9.10. The summed E-state index contributed by atoms with van der Waals surface area (Å²) in [6.07, 6.45) is 0. The first-order chi connectivity index (χ1) is 8.17. The first-order valence-electron chi connectivity index (χ1n) is 5.10. The number of alkyl halides is 1. The molecule has 1 heterocycles. The maximum atomic E-state index is 6.02. The van der Waals surface area contributed by atoms with Gasteiger partial charge in [0.1, 0.15) is 5.82 Å². The van der Waals surface area contributed by atoms with Crippen LogP contribution in [0.5, 0.6) is 0 Å². The average molecular weight is 379 g/mol. The Morgan fingerprint density at radius 3 is 2.76 bits per heavy atom. The molecule has 6 heteroatoms. The van der Waals surface area contributed by atoms with Crippen molar-refractivity contribution in [2.75, 3.05) is 0 Å². The minimum atomic E-state index is 0.687. The number of nitrogens with zero attached hydrogens (tertiary/aromatic N) is 3. The predicted molar refractivity (Wildman–Crippen MR) is 76.5 cm³/mol. The quantitative estimate of drug-likeness (QED) is 0.746. The number of aromatic nitrogens is 3. The molecule has 2 rings (SSSR count). The van der Waals surface area contributed by atoms with E-state index in [0.29, 0.717) is 10.4 Å². The summed E-state index contributed by atoms with van der Waals surface area (Å²) in [5.74, 6) is 1.74. The molecule has 1 aromatic heterocycles. The summed E-state index contributed by atoms with van der Waals surface area (Å²) in [7, 11) is 0. The predicted octanol–water partition coefficient (Wildman–Crippen LogP) is 4.28. The fourth-order valence-corrected chi connectivity index (χ4v) is 2.65. The highest BCUT2D eigenvalue weighted by Crippen LogP contribution is 2.30. The molecule has 0 aliphatic heterocycles. The molecule has 2 aromatic rings. The van der Waals surface area contributed by atoms with Crippen LogP contribution in [-0.2, 0) is 11.9 Å². The van der Waals surface area contributed by atoms with Crippen molar-refractivity contribution in [3.63, 3.8) is 0 Å². The molecule has 3 nitrogen and oxygen atoms in total. The third-order valence-corrected chi connectivity index (χ3v) is 3.86. The van der Waals surface area contributed by atoms with Gasteiger partial charge in [-0.1, -0.05) is 43.5 Å².